The SMILES string of the molecule is CCCCCCCOCCCC1(F)C(F)(F)C(F)(F)C(F)(F)C(F)(F)C1(F)F. The van der Waals surface area contributed by atoms with Gasteiger partial charge in [-0.05, 0) is 19.3 Å². The molecule has 0 bridgehead atoms. The standard InChI is InChI=1S/C16H21F11O/c1-2-3-4-5-6-9-28-10-7-8-11(17)12(18,19)14(22,23)16(26,27)15(24,25)13(11,20)21/h2-10H2,1H3. The van der Waals surface area contributed by atoms with Crippen molar-refractivity contribution in [3.05, 3.63) is 0 Å². The van der Waals surface area contributed by atoms with E-state index in [0.717, 1.165) is 25.7 Å². The number of halogens is 11. The lowest BCUT2D eigenvalue weighted by molar-refractivity contribution is -0.485. The van der Waals surface area contributed by atoms with Gasteiger partial charge in [-0.3, -0.25) is 0 Å². The van der Waals surface area contributed by atoms with E-state index in [9.17, 15) is 48.3 Å². The number of rotatable bonds is 10. The van der Waals surface area contributed by atoms with E-state index < -0.39 is 54.7 Å². The lowest BCUT2D eigenvalue weighted by Gasteiger charge is -2.52. The Balaban J connectivity index is 2.85. The third-order valence-corrected chi connectivity index (χ3v) is 4.77. The van der Waals surface area contributed by atoms with Gasteiger partial charge >= 0.3 is 29.6 Å². The van der Waals surface area contributed by atoms with Gasteiger partial charge in [-0.25, -0.2) is 4.39 Å². The first-order valence-corrected chi connectivity index (χ1v) is 8.72. The normalized spacial score (nSPS) is 26.1. The molecule has 1 aliphatic carbocycles. The Labute approximate surface area is 154 Å². The molecule has 0 radical (unpaired) electrons. The molecule has 0 unspecified atom stereocenters. The van der Waals surface area contributed by atoms with Crippen LogP contribution in [0.4, 0.5) is 48.3 Å². The van der Waals surface area contributed by atoms with Crippen molar-refractivity contribution < 1.29 is 53.0 Å². The van der Waals surface area contributed by atoms with Crippen molar-refractivity contribution in [2.24, 2.45) is 0 Å². The summed E-state index contributed by atoms with van der Waals surface area (Å²) in [6, 6.07) is 0. The van der Waals surface area contributed by atoms with E-state index in [4.69, 9.17) is 4.74 Å². The third kappa shape index (κ3) is 3.47. The fraction of sp³-hybridized carbons (Fsp3) is 1.00. The molecule has 168 valence electrons. The lowest BCUT2D eigenvalue weighted by atomic mass is 9.70. The minimum Gasteiger partial charge on any atom is -0.381 e. The molecule has 1 rings (SSSR count). The van der Waals surface area contributed by atoms with Gasteiger partial charge in [0.2, 0.25) is 5.67 Å². The zero-order chi connectivity index (χ0) is 22.1. The Bertz CT molecular complexity index is 489. The molecule has 1 aliphatic rings. The summed E-state index contributed by atoms with van der Waals surface area (Å²) < 4.78 is 153. The fourth-order valence-electron chi connectivity index (χ4n) is 2.93. The minimum absolute atomic E-state index is 0.0280. The van der Waals surface area contributed by atoms with Crippen molar-refractivity contribution in [3.63, 3.8) is 0 Å². The van der Waals surface area contributed by atoms with E-state index in [1.54, 1.807) is 0 Å². The van der Waals surface area contributed by atoms with Crippen molar-refractivity contribution in [2.45, 2.75) is 87.2 Å². The van der Waals surface area contributed by atoms with Gasteiger partial charge in [-0.2, -0.15) is 43.9 Å². The second-order valence-electron chi connectivity index (χ2n) is 6.80. The smallest absolute Gasteiger partial charge is 0.381 e. The van der Waals surface area contributed by atoms with Gasteiger partial charge in [-0.15, -0.1) is 0 Å². The molecule has 0 aliphatic heterocycles. The van der Waals surface area contributed by atoms with Crippen molar-refractivity contribution in [1.82, 2.24) is 0 Å². The molecule has 28 heavy (non-hydrogen) atoms. The van der Waals surface area contributed by atoms with Gasteiger partial charge in [0.1, 0.15) is 0 Å². The predicted molar refractivity (Wildman–Crippen MR) is 77.4 cm³/mol. The van der Waals surface area contributed by atoms with Gasteiger partial charge in [0, 0.05) is 13.2 Å². The maximum atomic E-state index is 14.3. The average molecular weight is 438 g/mol. The minimum atomic E-state index is -7.16. The summed E-state index contributed by atoms with van der Waals surface area (Å²) in [5, 5.41) is 0. The van der Waals surface area contributed by atoms with Crippen LogP contribution in [0.2, 0.25) is 0 Å². The summed E-state index contributed by atoms with van der Waals surface area (Å²) >= 11 is 0. The molecule has 0 aromatic carbocycles. The van der Waals surface area contributed by atoms with Crippen LogP contribution in [-0.4, -0.2) is 48.5 Å². The zero-order valence-electron chi connectivity index (χ0n) is 14.9. The van der Waals surface area contributed by atoms with Crippen LogP contribution < -0.4 is 0 Å². The molecule has 0 spiro atoms. The first-order valence-electron chi connectivity index (χ1n) is 8.72. The topological polar surface area (TPSA) is 9.23 Å². The van der Waals surface area contributed by atoms with Gasteiger partial charge in [0.25, 0.3) is 0 Å². The quantitative estimate of drug-likeness (QED) is 0.274. The Kier molecular flexibility index (Phi) is 7.33. The highest BCUT2D eigenvalue weighted by Gasteiger charge is 3.00. The molecule has 0 amide bonds. The molecule has 0 aromatic rings. The molecule has 1 nitrogen and oxygen atoms in total. The maximum Gasteiger partial charge on any atom is 0.384 e. The van der Waals surface area contributed by atoms with E-state index in [1.165, 1.54) is 0 Å². The lowest BCUT2D eigenvalue weighted by Crippen LogP contribution is -2.83. The van der Waals surface area contributed by atoms with E-state index in [2.05, 4.69) is 0 Å². The van der Waals surface area contributed by atoms with Crippen molar-refractivity contribution in [1.29, 1.82) is 0 Å². The van der Waals surface area contributed by atoms with E-state index >= 15 is 0 Å². The second kappa shape index (κ2) is 8.14. The van der Waals surface area contributed by atoms with Crippen molar-refractivity contribution in [3.8, 4) is 0 Å². The maximum absolute atomic E-state index is 14.3. The molecular formula is C16H21F11O. The van der Waals surface area contributed by atoms with Crippen LogP contribution in [0.25, 0.3) is 0 Å². The summed E-state index contributed by atoms with van der Waals surface area (Å²) in [7, 11) is 0. The number of alkyl halides is 11. The molecule has 0 N–H and O–H groups in total. The Hall–Kier alpha value is -0.810. The van der Waals surface area contributed by atoms with Crippen molar-refractivity contribution >= 4 is 0 Å². The van der Waals surface area contributed by atoms with Crippen LogP contribution in [0.15, 0.2) is 0 Å². The fourth-order valence-corrected chi connectivity index (χ4v) is 2.93. The second-order valence-corrected chi connectivity index (χ2v) is 6.80. The van der Waals surface area contributed by atoms with Gasteiger partial charge in [0.15, 0.2) is 0 Å². The zero-order valence-corrected chi connectivity index (χ0v) is 14.9. The Morgan fingerprint density at radius 2 is 0.893 bits per heavy atom. The summed E-state index contributed by atoms with van der Waals surface area (Å²) in [6.07, 6.45) is 0.695. The summed E-state index contributed by atoms with van der Waals surface area (Å²) in [6.45, 7) is 1.32. The molecule has 0 aromatic heterocycles. The predicted octanol–water partition coefficient (Wildman–Crippen LogP) is 6.65. The van der Waals surface area contributed by atoms with Crippen LogP contribution in [0, 0.1) is 0 Å². The monoisotopic (exact) mass is 438 g/mol. The number of hydrogen-bond donors (Lipinski definition) is 0. The molecule has 0 saturated heterocycles. The van der Waals surface area contributed by atoms with Crippen LogP contribution in [-0.2, 0) is 4.74 Å². The highest BCUT2D eigenvalue weighted by atomic mass is 19.4. The summed E-state index contributed by atoms with van der Waals surface area (Å²) in [5.41, 5.74) is -5.89. The molecule has 1 fully saturated rings. The highest BCUT2D eigenvalue weighted by molar-refractivity contribution is 5.26. The van der Waals surface area contributed by atoms with E-state index in [1.807, 2.05) is 6.92 Å². The number of hydrogen-bond acceptors (Lipinski definition) is 1. The summed E-state index contributed by atoms with van der Waals surface area (Å²) in [5.74, 6) is -34.7. The van der Waals surface area contributed by atoms with Gasteiger partial charge < -0.3 is 4.74 Å². The first kappa shape index (κ1) is 25.2. The van der Waals surface area contributed by atoms with Crippen LogP contribution in [0.3, 0.4) is 0 Å². The largest absolute Gasteiger partial charge is 0.384 e. The van der Waals surface area contributed by atoms with Crippen LogP contribution >= 0.6 is 0 Å². The van der Waals surface area contributed by atoms with Crippen LogP contribution in [0.5, 0.6) is 0 Å². The Morgan fingerprint density at radius 3 is 1.36 bits per heavy atom. The molecular weight excluding hydrogens is 417 g/mol. The molecule has 1 saturated carbocycles. The number of ether oxygens (including phenoxy) is 1. The third-order valence-electron chi connectivity index (χ3n) is 4.77. The van der Waals surface area contributed by atoms with Gasteiger partial charge in [0.05, 0.1) is 0 Å². The van der Waals surface area contributed by atoms with E-state index in [0.29, 0.717) is 6.42 Å². The highest BCUT2D eigenvalue weighted by Crippen LogP contribution is 2.70. The molecule has 0 atom stereocenters. The van der Waals surface area contributed by atoms with Gasteiger partial charge in [-0.1, -0.05) is 32.6 Å². The number of unbranched alkanes of at least 4 members (excludes halogenated alkanes) is 4. The average Bonchev–Trinajstić information content (AvgIpc) is 2.58. The van der Waals surface area contributed by atoms with Crippen LogP contribution in [0.1, 0.15) is 51.9 Å². The van der Waals surface area contributed by atoms with E-state index in [-0.39, 0.29) is 6.61 Å². The first-order chi connectivity index (χ1) is 12.6. The van der Waals surface area contributed by atoms with Crippen molar-refractivity contribution in [2.75, 3.05) is 13.2 Å². The molecule has 12 heteroatoms. The Morgan fingerprint density at radius 1 is 0.500 bits per heavy atom. The molecule has 0 heterocycles. The summed E-state index contributed by atoms with van der Waals surface area (Å²) in [4.78, 5) is 0.